The smallest absolute Gasteiger partial charge is 0.143 e. The van der Waals surface area contributed by atoms with E-state index in [4.69, 9.17) is 4.84 Å². The van der Waals surface area contributed by atoms with E-state index in [1.807, 2.05) is 30.3 Å². The molecule has 2 aromatic rings. The molecular weight excluding hydrogens is 294 g/mol. The number of rotatable bonds is 1. The van der Waals surface area contributed by atoms with Gasteiger partial charge in [-0.05, 0) is 30.3 Å². The summed E-state index contributed by atoms with van der Waals surface area (Å²) in [7, 11) is 0. The molecule has 0 aromatic heterocycles. The number of hydrogen-bond acceptors (Lipinski definition) is 3. The summed E-state index contributed by atoms with van der Waals surface area (Å²) < 4.78 is 1.02. The number of nitrogens with zero attached hydrogens (tertiary/aromatic N) is 1. The summed E-state index contributed by atoms with van der Waals surface area (Å²) in [6.07, 6.45) is 0. The molecule has 3 rings (SSSR count). The van der Waals surface area contributed by atoms with E-state index in [2.05, 4.69) is 21.1 Å². The van der Waals surface area contributed by atoms with Crippen LogP contribution in [0.5, 0.6) is 5.75 Å². The zero-order chi connectivity index (χ0) is 12.5. The van der Waals surface area contributed by atoms with E-state index in [0.717, 1.165) is 26.9 Å². The Bertz CT molecular complexity index is 620. The predicted molar refractivity (Wildman–Crippen MR) is 72.7 cm³/mol. The number of benzene rings is 2. The number of hydrogen-bond donors (Lipinski definition) is 1. The third-order valence-electron chi connectivity index (χ3n) is 2.84. The van der Waals surface area contributed by atoms with Gasteiger partial charge >= 0.3 is 0 Å². The van der Waals surface area contributed by atoms with Gasteiger partial charge in [0.05, 0.1) is 0 Å². The van der Waals surface area contributed by atoms with Crippen molar-refractivity contribution in [1.82, 2.24) is 0 Å². The maximum Gasteiger partial charge on any atom is 0.143 e. The Balaban J connectivity index is 2.09. The van der Waals surface area contributed by atoms with Crippen molar-refractivity contribution in [3.8, 4) is 5.75 Å². The van der Waals surface area contributed by atoms with E-state index >= 15 is 0 Å². The van der Waals surface area contributed by atoms with Crippen LogP contribution in [0, 0.1) is 0 Å². The molecule has 4 heteroatoms. The van der Waals surface area contributed by atoms with Gasteiger partial charge in [0.15, 0.2) is 0 Å². The average molecular weight is 304 g/mol. The van der Waals surface area contributed by atoms with Crippen LogP contribution in [0.1, 0.15) is 16.7 Å². The summed E-state index contributed by atoms with van der Waals surface area (Å²) in [5.41, 5.74) is 3.73. The first-order valence-corrected chi connectivity index (χ1v) is 6.31. The molecule has 0 fully saturated rings. The van der Waals surface area contributed by atoms with E-state index < -0.39 is 0 Å². The molecule has 1 aliphatic rings. The molecule has 1 N–H and O–H groups in total. The lowest BCUT2D eigenvalue weighted by atomic mass is 9.97. The lowest BCUT2D eigenvalue weighted by Crippen LogP contribution is -2.12. The van der Waals surface area contributed by atoms with Crippen molar-refractivity contribution in [1.29, 1.82) is 0 Å². The molecule has 0 saturated carbocycles. The van der Waals surface area contributed by atoms with Crippen LogP contribution in [0.25, 0.3) is 0 Å². The second-order valence-electron chi connectivity index (χ2n) is 4.06. The molecule has 1 heterocycles. The van der Waals surface area contributed by atoms with Crippen LogP contribution >= 0.6 is 15.9 Å². The first-order chi connectivity index (χ1) is 8.74. The Morgan fingerprint density at radius 2 is 1.89 bits per heavy atom. The molecule has 90 valence electrons. The summed E-state index contributed by atoms with van der Waals surface area (Å²) in [6.45, 7) is 0.393. The molecule has 0 unspecified atom stereocenters. The Labute approximate surface area is 113 Å². The lowest BCUT2D eigenvalue weighted by Gasteiger charge is -2.16. The van der Waals surface area contributed by atoms with Gasteiger partial charge in [0.2, 0.25) is 0 Å². The fourth-order valence-electron chi connectivity index (χ4n) is 1.96. The third-order valence-corrected chi connectivity index (χ3v) is 3.37. The predicted octanol–water partition coefficient (Wildman–Crippen LogP) is 3.44. The summed E-state index contributed by atoms with van der Waals surface area (Å²) in [6, 6.07) is 13.1. The van der Waals surface area contributed by atoms with Crippen LogP contribution in [0.2, 0.25) is 0 Å². The van der Waals surface area contributed by atoms with Gasteiger partial charge in [-0.3, -0.25) is 0 Å². The van der Waals surface area contributed by atoms with Crippen molar-refractivity contribution < 1.29 is 9.94 Å². The van der Waals surface area contributed by atoms with Crippen LogP contribution in [-0.4, -0.2) is 10.8 Å². The highest BCUT2D eigenvalue weighted by molar-refractivity contribution is 9.10. The molecule has 0 bridgehead atoms. The quantitative estimate of drug-likeness (QED) is 0.877. The van der Waals surface area contributed by atoms with Gasteiger partial charge in [-0.15, -0.1) is 0 Å². The largest absolute Gasteiger partial charge is 0.508 e. The van der Waals surface area contributed by atoms with Crippen LogP contribution in [-0.2, 0) is 11.4 Å². The monoisotopic (exact) mass is 303 g/mol. The minimum Gasteiger partial charge on any atom is -0.508 e. The number of aromatic hydroxyl groups is 1. The third kappa shape index (κ3) is 1.99. The highest BCUT2D eigenvalue weighted by Gasteiger charge is 2.17. The molecular formula is C14H10BrNO2. The van der Waals surface area contributed by atoms with E-state index in [1.165, 1.54) is 0 Å². The topological polar surface area (TPSA) is 41.8 Å². The van der Waals surface area contributed by atoms with E-state index in [0.29, 0.717) is 6.61 Å². The normalized spacial score (nSPS) is 13.5. The summed E-state index contributed by atoms with van der Waals surface area (Å²) in [5, 5.41) is 13.6. The van der Waals surface area contributed by atoms with Gasteiger partial charge < -0.3 is 9.94 Å². The van der Waals surface area contributed by atoms with Crippen molar-refractivity contribution >= 4 is 21.6 Å². The number of phenolic OH excluding ortho intramolecular Hbond substituents is 1. The zero-order valence-electron chi connectivity index (χ0n) is 9.43. The lowest BCUT2D eigenvalue weighted by molar-refractivity contribution is 0.126. The van der Waals surface area contributed by atoms with Crippen LogP contribution in [0.3, 0.4) is 0 Å². The van der Waals surface area contributed by atoms with Crippen molar-refractivity contribution in [3.05, 3.63) is 63.6 Å². The molecule has 18 heavy (non-hydrogen) atoms. The SMILES string of the molecule is Oc1ccc2c(c1)CON=C2c1ccc(Br)cc1. The second kappa shape index (κ2) is 4.46. The molecule has 2 aromatic carbocycles. The van der Waals surface area contributed by atoms with Gasteiger partial charge in [-0.25, -0.2) is 0 Å². The Morgan fingerprint density at radius 1 is 1.11 bits per heavy atom. The summed E-state index contributed by atoms with van der Waals surface area (Å²) in [4.78, 5) is 5.21. The first kappa shape index (κ1) is 11.3. The van der Waals surface area contributed by atoms with Crippen LogP contribution < -0.4 is 0 Å². The molecule has 0 spiro atoms. The first-order valence-electron chi connectivity index (χ1n) is 5.52. The molecule has 0 aliphatic carbocycles. The van der Waals surface area contributed by atoms with E-state index in [-0.39, 0.29) is 5.75 Å². The average Bonchev–Trinajstić information content (AvgIpc) is 2.38. The van der Waals surface area contributed by atoms with Crippen LogP contribution in [0.4, 0.5) is 0 Å². The molecule has 1 aliphatic heterocycles. The number of fused-ring (bicyclic) bond motifs is 1. The van der Waals surface area contributed by atoms with Crippen molar-refractivity contribution in [2.24, 2.45) is 5.16 Å². The maximum atomic E-state index is 9.48. The highest BCUT2D eigenvalue weighted by atomic mass is 79.9. The summed E-state index contributed by atoms with van der Waals surface area (Å²) in [5.74, 6) is 0.245. The Morgan fingerprint density at radius 3 is 2.67 bits per heavy atom. The molecule has 0 radical (unpaired) electrons. The summed E-state index contributed by atoms with van der Waals surface area (Å²) >= 11 is 3.41. The fourth-order valence-corrected chi connectivity index (χ4v) is 2.23. The Kier molecular flexibility index (Phi) is 2.80. The van der Waals surface area contributed by atoms with E-state index in [9.17, 15) is 5.11 Å². The molecule has 0 amide bonds. The minimum atomic E-state index is 0.245. The minimum absolute atomic E-state index is 0.245. The highest BCUT2D eigenvalue weighted by Crippen LogP contribution is 2.25. The molecule has 0 saturated heterocycles. The van der Waals surface area contributed by atoms with Gasteiger partial charge in [0.1, 0.15) is 18.1 Å². The van der Waals surface area contributed by atoms with Gasteiger partial charge in [-0.1, -0.05) is 33.2 Å². The molecule has 3 nitrogen and oxygen atoms in total. The van der Waals surface area contributed by atoms with Gasteiger partial charge in [0, 0.05) is 21.2 Å². The Hall–Kier alpha value is -1.81. The maximum absolute atomic E-state index is 9.48. The van der Waals surface area contributed by atoms with Gasteiger partial charge in [0.25, 0.3) is 0 Å². The second-order valence-corrected chi connectivity index (χ2v) is 4.98. The number of oxime groups is 1. The van der Waals surface area contributed by atoms with Gasteiger partial charge in [-0.2, -0.15) is 0 Å². The molecule has 0 atom stereocenters. The number of phenols is 1. The number of halogens is 1. The van der Waals surface area contributed by atoms with Crippen molar-refractivity contribution in [3.63, 3.8) is 0 Å². The van der Waals surface area contributed by atoms with Crippen LogP contribution in [0.15, 0.2) is 52.1 Å². The fraction of sp³-hybridized carbons (Fsp3) is 0.0714. The van der Waals surface area contributed by atoms with Crippen molar-refractivity contribution in [2.75, 3.05) is 0 Å². The standard InChI is InChI=1S/C14H10BrNO2/c15-11-3-1-9(2-4-11)14-13-6-5-12(17)7-10(13)8-18-16-14/h1-7,17H,8H2. The van der Waals surface area contributed by atoms with Crippen molar-refractivity contribution in [2.45, 2.75) is 6.61 Å². The van der Waals surface area contributed by atoms with E-state index in [1.54, 1.807) is 12.1 Å². The zero-order valence-corrected chi connectivity index (χ0v) is 11.0.